The number of halogens is 5. The molecule has 1 aromatic carbocycles. The number of benzene rings is 1. The lowest BCUT2D eigenvalue weighted by Gasteiger charge is -2.19. The highest BCUT2D eigenvalue weighted by Crippen LogP contribution is 2.51. The van der Waals surface area contributed by atoms with E-state index in [4.69, 9.17) is 11.6 Å². The number of carbonyl (C=O) groups is 2. The van der Waals surface area contributed by atoms with Gasteiger partial charge in [-0.1, -0.05) is 23.4 Å². The van der Waals surface area contributed by atoms with Gasteiger partial charge in [-0.05, 0) is 37.3 Å². The van der Waals surface area contributed by atoms with E-state index in [1.807, 2.05) is 0 Å². The number of esters is 1. The molecule has 1 aliphatic rings. The number of thioether (sulfide) groups is 1. The molecule has 0 radical (unpaired) electrons. The van der Waals surface area contributed by atoms with E-state index >= 15 is 0 Å². The summed E-state index contributed by atoms with van der Waals surface area (Å²) in [7, 11) is 2.09. The summed E-state index contributed by atoms with van der Waals surface area (Å²) in [6.07, 6.45) is -3.20. The fourth-order valence-corrected chi connectivity index (χ4v) is 4.86. The fraction of sp³-hybridized carbons (Fsp3) is 0.455. The van der Waals surface area contributed by atoms with Crippen LogP contribution in [0.4, 0.5) is 23.2 Å². The second kappa shape index (κ2) is 10.3. The third-order valence-corrected chi connectivity index (χ3v) is 7.55. The lowest BCUT2D eigenvalue weighted by atomic mass is 10.1. The van der Waals surface area contributed by atoms with Gasteiger partial charge in [0.2, 0.25) is 5.12 Å². The number of methoxy groups -OCH3 is 1. The molecule has 0 amide bonds. The van der Waals surface area contributed by atoms with Crippen LogP contribution in [0.1, 0.15) is 31.9 Å². The van der Waals surface area contributed by atoms with Crippen LogP contribution >= 0.6 is 23.4 Å². The van der Waals surface area contributed by atoms with E-state index in [2.05, 4.69) is 10.1 Å². The van der Waals surface area contributed by atoms with Gasteiger partial charge >= 0.3 is 17.8 Å². The Morgan fingerprint density at radius 1 is 1.25 bits per heavy atom. The number of ether oxygens (including phenoxy) is 1. The Labute approximate surface area is 211 Å². The van der Waals surface area contributed by atoms with E-state index in [9.17, 15) is 36.7 Å². The van der Waals surface area contributed by atoms with Gasteiger partial charge in [-0.2, -0.15) is 13.2 Å². The summed E-state index contributed by atoms with van der Waals surface area (Å²) in [6.45, 7) is 1.51. The summed E-state index contributed by atoms with van der Waals surface area (Å²) in [5, 5.41) is 2.29. The van der Waals surface area contributed by atoms with Crippen molar-refractivity contribution < 1.29 is 31.9 Å². The Bertz CT molecular complexity index is 1320. The molecule has 196 valence electrons. The zero-order valence-corrected chi connectivity index (χ0v) is 20.9. The molecule has 1 saturated carbocycles. The third kappa shape index (κ3) is 5.94. The second-order valence-electron chi connectivity index (χ2n) is 8.55. The summed E-state index contributed by atoms with van der Waals surface area (Å²) in [5.41, 5.74) is -5.24. The molecule has 0 spiro atoms. The number of anilines is 1. The lowest BCUT2D eigenvalue weighted by molar-refractivity contribution is -0.144. The molecule has 14 heteroatoms. The molecule has 2 aromatic rings. The van der Waals surface area contributed by atoms with Crippen LogP contribution in [0.5, 0.6) is 0 Å². The molecule has 8 nitrogen and oxygen atoms in total. The SMILES string of the molecule is COC(=O)CC1(CSC(=O)[C@H](C)Nc2cc(-n3c(=O)cc(C(F)(F)F)n(C)c3=O)c(F)cc2Cl)CC1. The van der Waals surface area contributed by atoms with Gasteiger partial charge in [0.25, 0.3) is 5.56 Å². The predicted molar refractivity (Wildman–Crippen MR) is 126 cm³/mol. The molecule has 36 heavy (non-hydrogen) atoms. The number of rotatable bonds is 8. The van der Waals surface area contributed by atoms with Gasteiger partial charge in [0.05, 0.1) is 36.0 Å². The maximum Gasteiger partial charge on any atom is 0.431 e. The summed E-state index contributed by atoms with van der Waals surface area (Å²) in [6, 6.07) is 1.09. The monoisotopic (exact) mass is 551 g/mol. The molecule has 0 saturated heterocycles. The Kier molecular flexibility index (Phi) is 7.94. The Balaban J connectivity index is 1.84. The predicted octanol–water partition coefficient (Wildman–Crippen LogP) is 3.75. The number of hydrogen-bond acceptors (Lipinski definition) is 7. The Hall–Kier alpha value is -2.80. The molecule has 1 aliphatic carbocycles. The maximum absolute atomic E-state index is 14.7. The fourth-order valence-electron chi connectivity index (χ4n) is 3.51. The normalized spacial score (nSPS) is 15.3. The Morgan fingerprint density at radius 3 is 2.44 bits per heavy atom. The molecule has 1 atom stereocenters. The van der Waals surface area contributed by atoms with Gasteiger partial charge in [0.1, 0.15) is 11.5 Å². The van der Waals surface area contributed by atoms with Crippen molar-refractivity contribution in [2.24, 2.45) is 12.5 Å². The minimum atomic E-state index is -4.97. The van der Waals surface area contributed by atoms with Crippen LogP contribution in [0.2, 0.25) is 5.02 Å². The number of carbonyl (C=O) groups excluding carboxylic acids is 2. The number of nitrogens with zero attached hydrogens (tertiary/aromatic N) is 2. The van der Waals surface area contributed by atoms with Crippen molar-refractivity contribution in [1.82, 2.24) is 9.13 Å². The largest absolute Gasteiger partial charge is 0.469 e. The van der Waals surface area contributed by atoms with E-state index in [-0.39, 0.29) is 48.8 Å². The average molecular weight is 552 g/mol. The van der Waals surface area contributed by atoms with E-state index in [1.165, 1.54) is 14.0 Å². The summed E-state index contributed by atoms with van der Waals surface area (Å²) in [5.74, 6) is -1.09. The molecular weight excluding hydrogens is 530 g/mol. The van der Waals surface area contributed by atoms with E-state index in [0.29, 0.717) is 5.75 Å². The summed E-state index contributed by atoms with van der Waals surface area (Å²) >= 11 is 7.08. The Morgan fingerprint density at radius 2 is 1.89 bits per heavy atom. The second-order valence-corrected chi connectivity index (χ2v) is 9.94. The first kappa shape index (κ1) is 27.8. The van der Waals surface area contributed by atoms with Gasteiger partial charge in [0, 0.05) is 18.9 Å². The highest BCUT2D eigenvalue weighted by atomic mass is 35.5. The van der Waals surface area contributed by atoms with Crippen LogP contribution < -0.4 is 16.6 Å². The van der Waals surface area contributed by atoms with Crippen molar-refractivity contribution in [2.45, 2.75) is 38.4 Å². The topological polar surface area (TPSA) is 99.4 Å². The summed E-state index contributed by atoms with van der Waals surface area (Å²) in [4.78, 5) is 49.1. The van der Waals surface area contributed by atoms with Crippen molar-refractivity contribution in [3.63, 3.8) is 0 Å². The molecule has 1 heterocycles. The molecular formula is C22H22ClF4N3O5S. The van der Waals surface area contributed by atoms with Crippen LogP contribution in [-0.2, 0) is 27.5 Å². The van der Waals surface area contributed by atoms with Gasteiger partial charge in [-0.15, -0.1) is 0 Å². The molecule has 1 fully saturated rings. The zero-order chi connectivity index (χ0) is 27.0. The van der Waals surface area contributed by atoms with Gasteiger partial charge in [-0.25, -0.2) is 13.8 Å². The molecule has 3 rings (SSSR count). The van der Waals surface area contributed by atoms with Crippen LogP contribution in [-0.4, -0.2) is 39.1 Å². The quantitative estimate of drug-likeness (QED) is 0.394. The van der Waals surface area contributed by atoms with Crippen molar-refractivity contribution >= 4 is 40.1 Å². The van der Waals surface area contributed by atoms with Gasteiger partial charge < -0.3 is 10.1 Å². The first-order valence-corrected chi connectivity index (χ1v) is 11.9. The first-order valence-electron chi connectivity index (χ1n) is 10.6. The highest BCUT2D eigenvalue weighted by Gasteiger charge is 2.45. The number of alkyl halides is 3. The van der Waals surface area contributed by atoms with E-state index in [1.54, 1.807) is 0 Å². The number of aromatic nitrogens is 2. The van der Waals surface area contributed by atoms with Crippen LogP contribution in [0.15, 0.2) is 27.8 Å². The van der Waals surface area contributed by atoms with Gasteiger partial charge in [-0.3, -0.25) is 19.0 Å². The molecule has 0 unspecified atom stereocenters. The average Bonchev–Trinajstić information content (AvgIpc) is 3.55. The molecule has 0 aliphatic heterocycles. The van der Waals surface area contributed by atoms with E-state index < -0.39 is 40.7 Å². The molecule has 1 N–H and O–H groups in total. The zero-order valence-electron chi connectivity index (χ0n) is 19.4. The summed E-state index contributed by atoms with van der Waals surface area (Å²) < 4.78 is 59.1. The van der Waals surface area contributed by atoms with Crippen molar-refractivity contribution in [3.05, 3.63) is 55.6 Å². The highest BCUT2D eigenvalue weighted by molar-refractivity contribution is 8.13. The standard InChI is InChI=1S/C22H22ClF4N3O5S/c1-11(19(33)36-10-21(4-5-21)9-18(32)35-3)28-14-7-15(13(24)6-12(14)23)30-17(31)8-16(22(25,26)27)29(2)20(30)34/h6-8,11,28H,4-5,9-10H2,1-3H3/t11-/m0/s1. The molecule has 0 bridgehead atoms. The van der Waals surface area contributed by atoms with E-state index in [0.717, 1.165) is 43.8 Å². The van der Waals surface area contributed by atoms with Crippen LogP contribution in [0.25, 0.3) is 5.69 Å². The van der Waals surface area contributed by atoms with Crippen LogP contribution in [0.3, 0.4) is 0 Å². The van der Waals surface area contributed by atoms with Crippen molar-refractivity contribution in [1.29, 1.82) is 0 Å². The minimum absolute atomic E-state index is 0.0148. The lowest BCUT2D eigenvalue weighted by Crippen LogP contribution is -2.41. The number of nitrogens with one attached hydrogen (secondary N) is 1. The smallest absolute Gasteiger partial charge is 0.431 e. The van der Waals surface area contributed by atoms with Gasteiger partial charge in [0.15, 0.2) is 0 Å². The number of hydrogen-bond donors (Lipinski definition) is 1. The maximum atomic E-state index is 14.7. The third-order valence-electron chi connectivity index (χ3n) is 5.84. The first-order chi connectivity index (χ1) is 16.7. The van der Waals surface area contributed by atoms with Crippen LogP contribution in [0, 0.1) is 11.2 Å². The minimum Gasteiger partial charge on any atom is -0.469 e. The molecule has 1 aromatic heterocycles. The van der Waals surface area contributed by atoms with Crippen molar-refractivity contribution in [2.75, 3.05) is 18.2 Å². The van der Waals surface area contributed by atoms with Crippen molar-refractivity contribution in [3.8, 4) is 5.69 Å².